The van der Waals surface area contributed by atoms with Crippen molar-refractivity contribution in [1.82, 2.24) is 16.0 Å². The van der Waals surface area contributed by atoms with Crippen molar-refractivity contribution in [1.29, 1.82) is 0 Å². The van der Waals surface area contributed by atoms with Crippen LogP contribution in [0.5, 0.6) is 0 Å². The van der Waals surface area contributed by atoms with E-state index < -0.39 is 50.9 Å². The Morgan fingerprint density at radius 1 is 0.792 bits per heavy atom. The highest BCUT2D eigenvalue weighted by atomic mass is 32.2. The monoisotopic (exact) mass is 677 g/mol. The minimum atomic E-state index is -3.84. The Bertz CT molecular complexity index is 1620. The fourth-order valence-electron chi connectivity index (χ4n) is 5.48. The number of carbonyl (C=O) groups excluding carboxylic acids is 3. The first-order valence-corrected chi connectivity index (χ1v) is 18.1. The molecule has 0 aromatic heterocycles. The van der Waals surface area contributed by atoms with Crippen LogP contribution >= 0.6 is 0 Å². The average molecular weight is 678 g/mol. The molecule has 1 aliphatic rings. The predicted octanol–water partition coefficient (Wildman–Crippen LogP) is 4.37. The van der Waals surface area contributed by atoms with Gasteiger partial charge in [-0.15, -0.1) is 0 Å². The van der Waals surface area contributed by atoms with Crippen molar-refractivity contribution in [3.05, 3.63) is 108 Å². The Kier molecular flexibility index (Phi) is 12.4. The van der Waals surface area contributed by atoms with Crippen LogP contribution in [0.25, 0.3) is 0 Å². The zero-order chi connectivity index (χ0) is 34.9. The highest BCUT2D eigenvalue weighted by Crippen LogP contribution is 2.31. The SMILES string of the molecule is CC(C)[C@H](Cc1ccccc1)NC(=O)C[C@@H]1O[C@@H]1[C@H](Cc1ccccc1)NC(=O)[C@@H](NC(=O)OCc1ccccc1)C(C)(C)S(C)(=O)=O. The number of amides is 3. The molecule has 1 fully saturated rings. The molecular weight excluding hydrogens is 630 g/mol. The zero-order valence-electron chi connectivity index (χ0n) is 28.2. The lowest BCUT2D eigenvalue weighted by molar-refractivity contribution is -0.124. The summed E-state index contributed by atoms with van der Waals surface area (Å²) in [5, 5.41) is 8.60. The Labute approximate surface area is 283 Å². The lowest BCUT2D eigenvalue weighted by Gasteiger charge is -2.33. The van der Waals surface area contributed by atoms with Gasteiger partial charge >= 0.3 is 6.09 Å². The zero-order valence-corrected chi connectivity index (χ0v) is 29.0. The number of benzene rings is 3. The third kappa shape index (κ3) is 10.4. The highest BCUT2D eigenvalue weighted by Gasteiger charge is 2.49. The molecule has 0 bridgehead atoms. The molecule has 1 saturated heterocycles. The molecule has 11 heteroatoms. The summed E-state index contributed by atoms with van der Waals surface area (Å²) in [5.41, 5.74) is 2.78. The second-order valence-corrected chi connectivity index (χ2v) is 15.9. The molecule has 1 aliphatic heterocycles. The summed E-state index contributed by atoms with van der Waals surface area (Å²) < 4.78 is 35.4. The first-order chi connectivity index (χ1) is 22.7. The number of hydrogen-bond donors (Lipinski definition) is 3. The van der Waals surface area contributed by atoms with Gasteiger partial charge in [-0.3, -0.25) is 9.59 Å². The van der Waals surface area contributed by atoms with E-state index in [4.69, 9.17) is 9.47 Å². The number of alkyl carbamates (subject to hydrolysis) is 1. The Hall–Kier alpha value is -4.22. The van der Waals surface area contributed by atoms with Crippen molar-refractivity contribution in [2.24, 2.45) is 5.92 Å². The van der Waals surface area contributed by atoms with E-state index in [0.29, 0.717) is 12.8 Å². The summed E-state index contributed by atoms with van der Waals surface area (Å²) in [6, 6.07) is 26.3. The fraction of sp³-hybridized carbons (Fsp3) is 0.432. The van der Waals surface area contributed by atoms with Gasteiger partial charge in [-0.1, -0.05) is 105 Å². The number of epoxide rings is 1. The van der Waals surface area contributed by atoms with Crippen molar-refractivity contribution in [3.63, 3.8) is 0 Å². The van der Waals surface area contributed by atoms with Gasteiger partial charge in [0.25, 0.3) is 0 Å². The van der Waals surface area contributed by atoms with Crippen molar-refractivity contribution >= 4 is 27.7 Å². The van der Waals surface area contributed by atoms with Gasteiger partial charge in [0.15, 0.2) is 9.84 Å². The molecule has 5 atom stereocenters. The molecule has 0 aliphatic carbocycles. The van der Waals surface area contributed by atoms with Gasteiger partial charge in [-0.05, 0) is 49.3 Å². The molecule has 10 nitrogen and oxygen atoms in total. The van der Waals surface area contributed by atoms with Gasteiger partial charge in [0, 0.05) is 12.3 Å². The molecule has 0 radical (unpaired) electrons. The minimum Gasteiger partial charge on any atom is -0.445 e. The Balaban J connectivity index is 1.46. The van der Waals surface area contributed by atoms with Crippen molar-refractivity contribution in [2.45, 2.75) is 88.6 Å². The molecule has 0 saturated carbocycles. The predicted molar refractivity (Wildman–Crippen MR) is 185 cm³/mol. The number of rotatable bonds is 16. The molecule has 4 rings (SSSR count). The number of sulfone groups is 1. The molecule has 0 spiro atoms. The van der Waals surface area contributed by atoms with Crippen molar-refractivity contribution < 1.29 is 32.3 Å². The maximum atomic E-state index is 13.9. The van der Waals surface area contributed by atoms with Crippen LogP contribution in [0.4, 0.5) is 4.79 Å². The van der Waals surface area contributed by atoms with E-state index >= 15 is 0 Å². The van der Waals surface area contributed by atoms with Crippen LogP contribution < -0.4 is 16.0 Å². The van der Waals surface area contributed by atoms with Gasteiger partial charge in [0.2, 0.25) is 11.8 Å². The topological polar surface area (TPSA) is 143 Å². The van der Waals surface area contributed by atoms with Crippen LogP contribution in [-0.4, -0.2) is 67.7 Å². The van der Waals surface area contributed by atoms with Gasteiger partial charge < -0.3 is 25.4 Å². The van der Waals surface area contributed by atoms with Crippen LogP contribution in [0.2, 0.25) is 0 Å². The normalized spacial score (nSPS) is 17.9. The first-order valence-electron chi connectivity index (χ1n) is 16.2. The fourth-order valence-corrected chi connectivity index (χ4v) is 6.07. The summed E-state index contributed by atoms with van der Waals surface area (Å²) in [7, 11) is -3.84. The number of nitrogens with one attached hydrogen (secondary N) is 3. The maximum Gasteiger partial charge on any atom is 0.408 e. The summed E-state index contributed by atoms with van der Waals surface area (Å²) >= 11 is 0. The molecule has 3 amide bonds. The minimum absolute atomic E-state index is 0.0559. The lowest BCUT2D eigenvalue weighted by atomic mass is 9.95. The molecule has 258 valence electrons. The Morgan fingerprint density at radius 3 is 1.83 bits per heavy atom. The smallest absolute Gasteiger partial charge is 0.408 e. The Morgan fingerprint density at radius 2 is 1.31 bits per heavy atom. The van der Waals surface area contributed by atoms with Crippen molar-refractivity contribution in [2.75, 3.05) is 6.26 Å². The summed E-state index contributed by atoms with van der Waals surface area (Å²) in [5.74, 6) is -0.650. The summed E-state index contributed by atoms with van der Waals surface area (Å²) in [4.78, 5) is 40.0. The van der Waals surface area contributed by atoms with Gasteiger partial charge in [0.1, 0.15) is 18.8 Å². The molecule has 3 aromatic rings. The average Bonchev–Trinajstić information content (AvgIpc) is 3.81. The number of ether oxygens (including phenoxy) is 2. The quantitative estimate of drug-likeness (QED) is 0.191. The van der Waals surface area contributed by atoms with E-state index in [1.54, 1.807) is 24.3 Å². The first kappa shape index (κ1) is 36.6. The van der Waals surface area contributed by atoms with Crippen LogP contribution in [0.1, 0.15) is 50.8 Å². The van der Waals surface area contributed by atoms with Crippen LogP contribution in [0.3, 0.4) is 0 Å². The van der Waals surface area contributed by atoms with E-state index in [1.807, 2.05) is 66.7 Å². The van der Waals surface area contributed by atoms with E-state index in [1.165, 1.54) is 13.8 Å². The molecule has 0 unspecified atom stereocenters. The van der Waals surface area contributed by atoms with Crippen LogP contribution in [-0.2, 0) is 48.3 Å². The standard InChI is InChI=1S/C37H47N3O7S/c1-25(2)29(21-26-15-9-6-10-16-26)38-32(41)23-31-33(47-31)30(22-27-17-11-7-12-18-27)39-35(42)34(37(3,4)48(5,44)45)40-36(43)46-24-28-19-13-8-14-20-28/h6-20,25,29-31,33-34H,21-24H2,1-5H3,(H,38,41)(H,39,42)(H,40,43)/t29-,30-,31-,33+,34+/m0/s1. The maximum absolute atomic E-state index is 13.9. The second-order valence-electron chi connectivity index (χ2n) is 13.3. The third-order valence-corrected chi connectivity index (χ3v) is 11.0. The van der Waals surface area contributed by atoms with Gasteiger partial charge in [-0.25, -0.2) is 13.2 Å². The lowest BCUT2D eigenvalue weighted by Crippen LogP contribution is -2.62. The van der Waals surface area contributed by atoms with E-state index in [0.717, 1.165) is 22.9 Å². The van der Waals surface area contributed by atoms with Gasteiger partial charge in [0.05, 0.1) is 23.3 Å². The second kappa shape index (κ2) is 16.3. The molecular formula is C37H47N3O7S. The molecule has 3 aromatic carbocycles. The van der Waals surface area contributed by atoms with Crippen LogP contribution in [0.15, 0.2) is 91.0 Å². The third-order valence-electron chi connectivity index (χ3n) is 8.87. The molecule has 48 heavy (non-hydrogen) atoms. The summed E-state index contributed by atoms with van der Waals surface area (Å²) in [6.07, 6.45) is 0.306. The van der Waals surface area contributed by atoms with Crippen molar-refractivity contribution in [3.8, 4) is 0 Å². The van der Waals surface area contributed by atoms with Crippen LogP contribution in [0, 0.1) is 5.92 Å². The largest absolute Gasteiger partial charge is 0.445 e. The number of carbonyl (C=O) groups is 3. The van der Waals surface area contributed by atoms with E-state index in [-0.39, 0.29) is 30.9 Å². The number of hydrogen-bond acceptors (Lipinski definition) is 7. The molecule has 1 heterocycles. The van der Waals surface area contributed by atoms with E-state index in [9.17, 15) is 22.8 Å². The van der Waals surface area contributed by atoms with E-state index in [2.05, 4.69) is 29.8 Å². The highest BCUT2D eigenvalue weighted by molar-refractivity contribution is 7.92. The van der Waals surface area contributed by atoms with Gasteiger partial charge in [-0.2, -0.15) is 0 Å². The summed E-state index contributed by atoms with van der Waals surface area (Å²) in [6.45, 7) is 6.85. The molecule has 3 N–H and O–H groups in total.